The molecule has 0 amide bonds. The summed E-state index contributed by atoms with van der Waals surface area (Å²) >= 11 is 0. The molecule has 14 heavy (non-hydrogen) atoms. The molecule has 0 aliphatic heterocycles. The van der Waals surface area contributed by atoms with E-state index in [0.717, 1.165) is 0 Å². The lowest BCUT2D eigenvalue weighted by molar-refractivity contribution is 0.310. The van der Waals surface area contributed by atoms with E-state index in [9.17, 15) is 8.42 Å². The molecule has 0 rings (SSSR count). The predicted octanol–water partition coefficient (Wildman–Crippen LogP) is -0.159. The van der Waals surface area contributed by atoms with Crippen LogP contribution < -0.4 is 10.5 Å². The Morgan fingerprint density at radius 3 is 2.36 bits per heavy atom. The maximum Gasteiger partial charge on any atom is 0.212 e. The van der Waals surface area contributed by atoms with E-state index in [1.54, 1.807) is 13.8 Å². The fourth-order valence-electron chi connectivity index (χ4n) is 0.831. The van der Waals surface area contributed by atoms with Crippen molar-refractivity contribution in [1.82, 2.24) is 4.72 Å². The minimum atomic E-state index is -3.37. The summed E-state index contributed by atoms with van der Waals surface area (Å²) in [6.45, 7) is 4.83. The molecule has 0 heterocycles. The van der Waals surface area contributed by atoms with Crippen LogP contribution in [-0.2, 0) is 10.0 Å². The third-order valence-electron chi connectivity index (χ3n) is 2.14. The van der Waals surface area contributed by atoms with E-state index < -0.39 is 15.6 Å². The largest absolute Gasteiger partial charge is 0.409 e. The van der Waals surface area contributed by atoms with Gasteiger partial charge in [0, 0.05) is 0 Å². The van der Waals surface area contributed by atoms with Gasteiger partial charge in [-0.2, -0.15) is 0 Å². The standard InChI is InChI=1S/C7H17N3O3S/c1-4-7(3,6(8)9-11)10-14(12,13)5-2/h10-11H,4-5H2,1-3H3,(H2,8,9). The lowest BCUT2D eigenvalue weighted by Gasteiger charge is -2.27. The van der Waals surface area contributed by atoms with E-state index in [-0.39, 0.29) is 11.6 Å². The van der Waals surface area contributed by atoms with Gasteiger partial charge in [-0.15, -0.1) is 0 Å². The third kappa shape index (κ3) is 3.15. The molecule has 0 saturated heterocycles. The average Bonchev–Trinajstić information content (AvgIpc) is 2.15. The Bertz CT molecular complexity index is 312. The number of amidine groups is 1. The summed E-state index contributed by atoms with van der Waals surface area (Å²) in [6.07, 6.45) is 0.405. The Morgan fingerprint density at radius 2 is 2.07 bits per heavy atom. The van der Waals surface area contributed by atoms with Crippen molar-refractivity contribution >= 4 is 15.9 Å². The first-order valence-electron chi connectivity index (χ1n) is 4.31. The molecule has 0 radical (unpaired) electrons. The second-order valence-electron chi connectivity index (χ2n) is 3.18. The smallest absolute Gasteiger partial charge is 0.212 e. The predicted molar refractivity (Wildman–Crippen MR) is 54.7 cm³/mol. The number of oxime groups is 1. The average molecular weight is 223 g/mol. The van der Waals surface area contributed by atoms with Crippen LogP contribution in [0.2, 0.25) is 0 Å². The van der Waals surface area contributed by atoms with Gasteiger partial charge in [-0.1, -0.05) is 12.1 Å². The zero-order chi connectivity index (χ0) is 11.4. The molecule has 0 aliphatic rings. The van der Waals surface area contributed by atoms with Crippen molar-refractivity contribution < 1.29 is 13.6 Å². The minimum absolute atomic E-state index is 0.0404. The number of rotatable bonds is 5. The molecule has 0 bridgehead atoms. The molecule has 1 unspecified atom stereocenters. The fourth-order valence-corrected chi connectivity index (χ4v) is 1.91. The number of sulfonamides is 1. The third-order valence-corrected chi connectivity index (χ3v) is 3.66. The summed E-state index contributed by atoms with van der Waals surface area (Å²) in [4.78, 5) is 0. The van der Waals surface area contributed by atoms with E-state index in [2.05, 4.69) is 9.88 Å². The van der Waals surface area contributed by atoms with Gasteiger partial charge in [-0.05, 0) is 20.3 Å². The van der Waals surface area contributed by atoms with Gasteiger partial charge in [0.25, 0.3) is 0 Å². The Kier molecular flexibility index (Phi) is 4.34. The summed E-state index contributed by atoms with van der Waals surface area (Å²) in [5.41, 5.74) is 4.37. The number of nitrogens with zero attached hydrogens (tertiary/aromatic N) is 1. The van der Waals surface area contributed by atoms with Crippen LogP contribution in [0.1, 0.15) is 27.2 Å². The quantitative estimate of drug-likeness (QED) is 0.261. The highest BCUT2D eigenvalue weighted by atomic mass is 32.2. The summed E-state index contributed by atoms with van der Waals surface area (Å²) in [5, 5.41) is 11.3. The van der Waals surface area contributed by atoms with Crippen LogP contribution in [0.3, 0.4) is 0 Å². The molecule has 0 aliphatic carbocycles. The molecular formula is C7H17N3O3S. The Morgan fingerprint density at radius 1 is 1.57 bits per heavy atom. The van der Waals surface area contributed by atoms with Crippen molar-refractivity contribution in [2.45, 2.75) is 32.7 Å². The number of hydrogen-bond acceptors (Lipinski definition) is 4. The molecule has 0 fully saturated rings. The monoisotopic (exact) mass is 223 g/mol. The van der Waals surface area contributed by atoms with E-state index in [1.165, 1.54) is 6.92 Å². The molecule has 6 nitrogen and oxygen atoms in total. The van der Waals surface area contributed by atoms with Gasteiger partial charge in [0.05, 0.1) is 11.3 Å². The Hall–Kier alpha value is -0.820. The number of nitrogens with one attached hydrogen (secondary N) is 1. The normalized spacial score (nSPS) is 17.8. The summed E-state index contributed by atoms with van der Waals surface area (Å²) in [5.74, 6) is -0.182. The first-order valence-corrected chi connectivity index (χ1v) is 5.96. The van der Waals surface area contributed by atoms with Crippen LogP contribution in [0, 0.1) is 0 Å². The molecule has 0 aromatic rings. The molecule has 7 heteroatoms. The maximum absolute atomic E-state index is 11.3. The molecule has 0 aromatic carbocycles. The summed E-state index contributed by atoms with van der Waals surface area (Å²) in [6, 6.07) is 0. The molecule has 4 N–H and O–H groups in total. The van der Waals surface area contributed by atoms with Gasteiger partial charge in [-0.3, -0.25) is 0 Å². The van der Waals surface area contributed by atoms with Gasteiger partial charge in [0.1, 0.15) is 0 Å². The van der Waals surface area contributed by atoms with Crippen LogP contribution in [0.4, 0.5) is 0 Å². The first-order chi connectivity index (χ1) is 6.31. The SMILES string of the molecule is CCC(C)(NS(=O)(=O)CC)/C(N)=N/O. The van der Waals surface area contributed by atoms with Crippen LogP contribution >= 0.6 is 0 Å². The van der Waals surface area contributed by atoms with E-state index >= 15 is 0 Å². The zero-order valence-electron chi connectivity index (χ0n) is 8.61. The van der Waals surface area contributed by atoms with Gasteiger partial charge in [0.2, 0.25) is 10.0 Å². The fraction of sp³-hybridized carbons (Fsp3) is 0.857. The second-order valence-corrected chi connectivity index (χ2v) is 5.19. The van der Waals surface area contributed by atoms with Gasteiger partial charge < -0.3 is 10.9 Å². The lowest BCUT2D eigenvalue weighted by Crippen LogP contribution is -2.55. The molecule has 0 spiro atoms. The Balaban J connectivity index is 4.92. The number of hydrogen-bond donors (Lipinski definition) is 3. The molecule has 0 saturated carbocycles. The van der Waals surface area contributed by atoms with Gasteiger partial charge in [0.15, 0.2) is 5.84 Å². The van der Waals surface area contributed by atoms with Crippen LogP contribution in [0.5, 0.6) is 0 Å². The number of nitrogens with two attached hydrogens (primary N) is 1. The minimum Gasteiger partial charge on any atom is -0.409 e. The van der Waals surface area contributed by atoms with Gasteiger partial charge in [-0.25, -0.2) is 13.1 Å². The highest BCUT2D eigenvalue weighted by Crippen LogP contribution is 2.11. The highest BCUT2D eigenvalue weighted by molar-refractivity contribution is 7.89. The van der Waals surface area contributed by atoms with Crippen LogP contribution in [0.25, 0.3) is 0 Å². The summed E-state index contributed by atoms with van der Waals surface area (Å²) < 4.78 is 25.0. The highest BCUT2D eigenvalue weighted by Gasteiger charge is 2.31. The van der Waals surface area contributed by atoms with E-state index in [4.69, 9.17) is 10.9 Å². The zero-order valence-corrected chi connectivity index (χ0v) is 9.43. The second kappa shape index (κ2) is 4.61. The molecular weight excluding hydrogens is 206 g/mol. The van der Waals surface area contributed by atoms with Crippen molar-refractivity contribution in [2.75, 3.05) is 5.75 Å². The van der Waals surface area contributed by atoms with E-state index in [1.807, 2.05) is 0 Å². The molecule has 84 valence electrons. The summed E-state index contributed by atoms with van der Waals surface area (Å²) in [7, 11) is -3.37. The van der Waals surface area contributed by atoms with Gasteiger partial charge >= 0.3 is 0 Å². The van der Waals surface area contributed by atoms with Crippen molar-refractivity contribution in [1.29, 1.82) is 0 Å². The van der Waals surface area contributed by atoms with E-state index in [0.29, 0.717) is 6.42 Å². The van der Waals surface area contributed by atoms with Crippen molar-refractivity contribution in [2.24, 2.45) is 10.9 Å². The van der Waals surface area contributed by atoms with Crippen molar-refractivity contribution in [3.63, 3.8) is 0 Å². The van der Waals surface area contributed by atoms with Crippen molar-refractivity contribution in [3.8, 4) is 0 Å². The van der Waals surface area contributed by atoms with Crippen LogP contribution in [-0.4, -0.2) is 30.8 Å². The molecule has 0 aromatic heterocycles. The lowest BCUT2D eigenvalue weighted by atomic mass is 10.00. The van der Waals surface area contributed by atoms with Crippen molar-refractivity contribution in [3.05, 3.63) is 0 Å². The maximum atomic E-state index is 11.3. The Labute approximate surface area is 84.2 Å². The molecule has 1 atom stereocenters. The van der Waals surface area contributed by atoms with Crippen LogP contribution in [0.15, 0.2) is 5.16 Å². The first kappa shape index (κ1) is 13.2. The topological polar surface area (TPSA) is 105 Å².